The second-order valence-electron chi connectivity index (χ2n) is 3.09. The number of rotatable bonds is 1. The van der Waals surface area contributed by atoms with Crippen molar-refractivity contribution in [1.82, 2.24) is 9.55 Å². The molecule has 6 nitrogen and oxygen atoms in total. The summed E-state index contributed by atoms with van der Waals surface area (Å²) in [4.78, 5) is 25.7. The molecule has 0 amide bonds. The molecule has 1 aliphatic heterocycles. The minimum Gasteiger partial charge on any atom is -0.501 e. The standard InChI is InChI=1S/C8H8N2O4/c11-6-5(8(13)14)9-4-2-1-3-10(4)7(6)12/h11H,1-3H2,(H,13,14). The van der Waals surface area contributed by atoms with Crippen LogP contribution in [0, 0.1) is 0 Å². The number of fused-ring (bicyclic) bond motifs is 1. The van der Waals surface area contributed by atoms with Crippen LogP contribution >= 0.6 is 0 Å². The van der Waals surface area contributed by atoms with Gasteiger partial charge in [0, 0.05) is 13.0 Å². The third kappa shape index (κ3) is 1.07. The van der Waals surface area contributed by atoms with Crippen molar-refractivity contribution < 1.29 is 15.0 Å². The van der Waals surface area contributed by atoms with E-state index in [1.54, 1.807) is 0 Å². The number of aryl methyl sites for hydroxylation is 1. The predicted octanol–water partition coefficient (Wildman–Crippen LogP) is -0.407. The molecule has 0 bridgehead atoms. The zero-order valence-electron chi connectivity index (χ0n) is 7.23. The van der Waals surface area contributed by atoms with Crippen molar-refractivity contribution in [2.45, 2.75) is 19.4 Å². The molecule has 0 aliphatic carbocycles. The van der Waals surface area contributed by atoms with Gasteiger partial charge in [-0.15, -0.1) is 0 Å². The van der Waals surface area contributed by atoms with Crippen molar-refractivity contribution in [3.8, 4) is 5.75 Å². The third-order valence-corrected chi connectivity index (χ3v) is 2.21. The lowest BCUT2D eigenvalue weighted by molar-refractivity contribution is 0.0685. The minimum absolute atomic E-state index is 0.435. The van der Waals surface area contributed by atoms with E-state index in [9.17, 15) is 14.7 Å². The SMILES string of the molecule is O=C(O)c1nc2n(c(=O)c1O)CCC2. The highest BCUT2D eigenvalue weighted by Gasteiger charge is 2.22. The first-order valence-electron chi connectivity index (χ1n) is 4.17. The molecule has 0 radical (unpaired) electrons. The van der Waals surface area contributed by atoms with Crippen molar-refractivity contribution >= 4 is 5.97 Å². The first-order chi connectivity index (χ1) is 6.61. The molecule has 1 aromatic heterocycles. The fourth-order valence-electron chi connectivity index (χ4n) is 1.55. The van der Waals surface area contributed by atoms with E-state index >= 15 is 0 Å². The van der Waals surface area contributed by atoms with E-state index in [-0.39, 0.29) is 0 Å². The highest BCUT2D eigenvalue weighted by atomic mass is 16.4. The van der Waals surface area contributed by atoms with Gasteiger partial charge in [-0.3, -0.25) is 9.36 Å². The number of carbonyl (C=O) groups is 1. The van der Waals surface area contributed by atoms with Gasteiger partial charge in [0.1, 0.15) is 5.82 Å². The Hall–Kier alpha value is -1.85. The van der Waals surface area contributed by atoms with Crippen molar-refractivity contribution in [3.63, 3.8) is 0 Å². The molecule has 74 valence electrons. The van der Waals surface area contributed by atoms with Crippen LogP contribution in [0.3, 0.4) is 0 Å². The molecule has 0 saturated heterocycles. The summed E-state index contributed by atoms with van der Waals surface area (Å²) in [6.07, 6.45) is 1.33. The number of carboxylic acid groups (broad SMARTS) is 1. The van der Waals surface area contributed by atoms with Gasteiger partial charge in [-0.25, -0.2) is 9.78 Å². The predicted molar refractivity (Wildman–Crippen MR) is 45.4 cm³/mol. The molecule has 2 N–H and O–H groups in total. The molecule has 2 heterocycles. The largest absolute Gasteiger partial charge is 0.501 e. The molecule has 0 spiro atoms. The summed E-state index contributed by atoms with van der Waals surface area (Å²) in [5.41, 5.74) is -1.21. The number of nitrogens with zero attached hydrogens (tertiary/aromatic N) is 2. The Labute approximate surface area is 78.4 Å². The number of carboxylic acids is 1. The van der Waals surface area contributed by atoms with Crippen molar-refractivity contribution in [2.75, 3.05) is 0 Å². The average molecular weight is 196 g/mol. The second kappa shape index (κ2) is 2.83. The van der Waals surface area contributed by atoms with Crippen LogP contribution in [0.5, 0.6) is 5.75 Å². The Kier molecular flexibility index (Phi) is 1.77. The molecule has 0 aromatic carbocycles. The fraction of sp³-hybridized carbons (Fsp3) is 0.375. The average Bonchev–Trinajstić information content (AvgIpc) is 2.58. The number of aromatic carboxylic acids is 1. The lowest BCUT2D eigenvalue weighted by Gasteiger charge is -2.04. The van der Waals surface area contributed by atoms with Crippen LogP contribution in [0.1, 0.15) is 22.7 Å². The van der Waals surface area contributed by atoms with Crippen LogP contribution in [0.25, 0.3) is 0 Å². The topological polar surface area (TPSA) is 92.4 Å². The maximum absolute atomic E-state index is 11.4. The van der Waals surface area contributed by atoms with E-state index in [0.717, 1.165) is 6.42 Å². The van der Waals surface area contributed by atoms with Gasteiger partial charge < -0.3 is 10.2 Å². The first kappa shape index (κ1) is 8.74. The normalized spacial score (nSPS) is 14.0. The smallest absolute Gasteiger partial charge is 0.358 e. The Morgan fingerprint density at radius 2 is 2.21 bits per heavy atom. The zero-order valence-corrected chi connectivity index (χ0v) is 7.23. The monoisotopic (exact) mass is 196 g/mol. The van der Waals surface area contributed by atoms with Crippen molar-refractivity contribution in [1.29, 1.82) is 0 Å². The van der Waals surface area contributed by atoms with Gasteiger partial charge in [-0.1, -0.05) is 0 Å². The molecular weight excluding hydrogens is 188 g/mol. The lowest BCUT2D eigenvalue weighted by atomic mass is 10.3. The van der Waals surface area contributed by atoms with Crippen LogP contribution in [0.15, 0.2) is 4.79 Å². The van der Waals surface area contributed by atoms with E-state index in [0.29, 0.717) is 18.8 Å². The second-order valence-corrected chi connectivity index (χ2v) is 3.09. The van der Waals surface area contributed by atoms with Crippen LogP contribution < -0.4 is 5.56 Å². The Balaban J connectivity index is 2.73. The van der Waals surface area contributed by atoms with Crippen LogP contribution in [0.4, 0.5) is 0 Å². The highest BCUT2D eigenvalue weighted by molar-refractivity contribution is 5.88. The first-order valence-corrected chi connectivity index (χ1v) is 4.17. The van der Waals surface area contributed by atoms with Crippen LogP contribution in [0.2, 0.25) is 0 Å². The van der Waals surface area contributed by atoms with Gasteiger partial charge in [-0.05, 0) is 6.42 Å². The van der Waals surface area contributed by atoms with Gasteiger partial charge in [0.05, 0.1) is 0 Å². The molecule has 0 fully saturated rings. The number of aromatic nitrogens is 2. The van der Waals surface area contributed by atoms with E-state index < -0.39 is 23.0 Å². The number of hydrogen-bond donors (Lipinski definition) is 2. The molecule has 1 aromatic rings. The highest BCUT2D eigenvalue weighted by Crippen LogP contribution is 2.15. The molecule has 0 unspecified atom stereocenters. The molecule has 14 heavy (non-hydrogen) atoms. The summed E-state index contributed by atoms with van der Waals surface area (Å²) in [7, 11) is 0. The minimum atomic E-state index is -1.38. The summed E-state index contributed by atoms with van der Waals surface area (Å²) in [5, 5.41) is 17.9. The summed E-state index contributed by atoms with van der Waals surface area (Å²) in [5.74, 6) is -1.72. The van der Waals surface area contributed by atoms with E-state index in [1.165, 1.54) is 4.57 Å². The van der Waals surface area contributed by atoms with E-state index in [4.69, 9.17) is 5.11 Å². The summed E-state index contributed by atoms with van der Waals surface area (Å²) >= 11 is 0. The quantitative estimate of drug-likeness (QED) is 0.637. The van der Waals surface area contributed by atoms with Crippen LogP contribution in [-0.2, 0) is 13.0 Å². The molecular formula is C8H8N2O4. The molecule has 0 saturated carbocycles. The summed E-state index contributed by atoms with van der Waals surface area (Å²) in [6, 6.07) is 0. The Morgan fingerprint density at radius 3 is 2.86 bits per heavy atom. The molecule has 6 heteroatoms. The maximum atomic E-state index is 11.4. The molecule has 0 atom stereocenters. The van der Waals surface area contributed by atoms with E-state index in [1.807, 2.05) is 0 Å². The zero-order chi connectivity index (χ0) is 10.3. The lowest BCUT2D eigenvalue weighted by Crippen LogP contribution is -2.23. The van der Waals surface area contributed by atoms with Gasteiger partial charge in [0.25, 0.3) is 5.56 Å². The summed E-state index contributed by atoms with van der Waals surface area (Å²) < 4.78 is 1.31. The van der Waals surface area contributed by atoms with Gasteiger partial charge in [-0.2, -0.15) is 0 Å². The number of aromatic hydroxyl groups is 1. The van der Waals surface area contributed by atoms with Gasteiger partial charge in [0.15, 0.2) is 5.69 Å². The Morgan fingerprint density at radius 1 is 1.50 bits per heavy atom. The van der Waals surface area contributed by atoms with E-state index in [2.05, 4.69) is 4.98 Å². The Bertz CT molecular complexity index is 463. The fourth-order valence-corrected chi connectivity index (χ4v) is 1.55. The van der Waals surface area contributed by atoms with Gasteiger partial charge >= 0.3 is 5.97 Å². The molecule has 2 rings (SSSR count). The van der Waals surface area contributed by atoms with Gasteiger partial charge in [0.2, 0.25) is 5.75 Å². The number of hydrogen-bond acceptors (Lipinski definition) is 4. The summed E-state index contributed by atoms with van der Waals surface area (Å²) in [6.45, 7) is 0.495. The third-order valence-electron chi connectivity index (χ3n) is 2.21. The molecule has 1 aliphatic rings. The van der Waals surface area contributed by atoms with Crippen LogP contribution in [-0.4, -0.2) is 25.7 Å². The van der Waals surface area contributed by atoms with Crippen molar-refractivity contribution in [3.05, 3.63) is 21.9 Å². The maximum Gasteiger partial charge on any atom is 0.358 e. The van der Waals surface area contributed by atoms with Crippen molar-refractivity contribution in [2.24, 2.45) is 0 Å².